The number of aromatic nitrogens is 2. The number of carboxylic acid groups (broad SMARTS) is 1. The first-order valence-corrected chi connectivity index (χ1v) is 8.67. The second-order valence-corrected chi connectivity index (χ2v) is 6.84. The molecule has 0 radical (unpaired) electrons. The number of carbonyl (C=O) groups is 1. The summed E-state index contributed by atoms with van der Waals surface area (Å²) in [7, 11) is 0. The zero-order valence-corrected chi connectivity index (χ0v) is 12.3. The van der Waals surface area contributed by atoms with E-state index in [0.717, 1.165) is 16.8 Å². The molecule has 1 aliphatic rings. The minimum absolute atomic E-state index is 0.0640. The van der Waals surface area contributed by atoms with Gasteiger partial charge >= 0.3 is 5.97 Å². The van der Waals surface area contributed by atoms with Gasteiger partial charge in [0, 0.05) is 5.25 Å². The average Bonchev–Trinajstić information content (AvgIpc) is 2.85. The molecule has 1 aromatic heterocycles. The van der Waals surface area contributed by atoms with Gasteiger partial charge in [-0.25, -0.2) is 0 Å². The standard InChI is InChI=1S/C12H18N2O3S2/c15-12(16)8-18-7-11-13-10(14-17-11)6-19-9-4-2-1-3-5-9/h9H,1-8H2,(H,15,16). The van der Waals surface area contributed by atoms with Crippen LogP contribution < -0.4 is 0 Å². The van der Waals surface area contributed by atoms with Crippen molar-refractivity contribution in [1.82, 2.24) is 10.1 Å². The normalized spacial score (nSPS) is 16.6. The van der Waals surface area contributed by atoms with Crippen LogP contribution in [0.1, 0.15) is 43.8 Å². The molecule has 1 aliphatic carbocycles. The van der Waals surface area contributed by atoms with Crippen molar-refractivity contribution in [3.8, 4) is 0 Å². The number of thioether (sulfide) groups is 2. The molecular weight excluding hydrogens is 284 g/mol. The molecular formula is C12H18N2O3S2. The van der Waals surface area contributed by atoms with Gasteiger partial charge in [-0.3, -0.25) is 4.79 Å². The zero-order valence-electron chi connectivity index (χ0n) is 10.7. The van der Waals surface area contributed by atoms with Crippen LogP contribution in [-0.4, -0.2) is 32.2 Å². The fourth-order valence-corrected chi connectivity index (χ4v) is 3.79. The molecule has 1 heterocycles. The predicted octanol–water partition coefficient (Wildman–Crippen LogP) is 2.95. The van der Waals surface area contributed by atoms with Crippen molar-refractivity contribution in [2.45, 2.75) is 48.9 Å². The van der Waals surface area contributed by atoms with Gasteiger partial charge in [0.2, 0.25) is 5.89 Å². The van der Waals surface area contributed by atoms with Crippen molar-refractivity contribution in [1.29, 1.82) is 0 Å². The molecule has 5 nitrogen and oxygen atoms in total. The van der Waals surface area contributed by atoms with Crippen LogP contribution in [0.3, 0.4) is 0 Å². The molecule has 106 valence electrons. The molecule has 0 spiro atoms. The smallest absolute Gasteiger partial charge is 0.313 e. The quantitative estimate of drug-likeness (QED) is 0.829. The lowest BCUT2D eigenvalue weighted by atomic mass is 10.0. The van der Waals surface area contributed by atoms with Gasteiger partial charge in [0.25, 0.3) is 0 Å². The Morgan fingerprint density at radius 1 is 1.32 bits per heavy atom. The van der Waals surface area contributed by atoms with E-state index in [4.69, 9.17) is 9.63 Å². The first-order valence-electron chi connectivity index (χ1n) is 6.46. The van der Waals surface area contributed by atoms with Gasteiger partial charge in [-0.1, -0.05) is 24.4 Å². The molecule has 0 amide bonds. The maximum Gasteiger partial charge on any atom is 0.313 e. The second-order valence-electron chi connectivity index (χ2n) is 4.56. The number of hydrogen-bond donors (Lipinski definition) is 1. The summed E-state index contributed by atoms with van der Waals surface area (Å²) in [6.45, 7) is 0. The fourth-order valence-electron chi connectivity index (χ4n) is 2.06. The third-order valence-corrected chi connectivity index (χ3v) is 5.23. The summed E-state index contributed by atoms with van der Waals surface area (Å²) in [6, 6.07) is 0. The second kappa shape index (κ2) is 7.79. The van der Waals surface area contributed by atoms with Crippen molar-refractivity contribution in [2.24, 2.45) is 0 Å². The van der Waals surface area contributed by atoms with Crippen LogP contribution in [0.5, 0.6) is 0 Å². The number of hydrogen-bond acceptors (Lipinski definition) is 6. The predicted molar refractivity (Wildman–Crippen MR) is 76.3 cm³/mol. The highest BCUT2D eigenvalue weighted by atomic mass is 32.2. The lowest BCUT2D eigenvalue weighted by Gasteiger charge is -2.19. The first-order chi connectivity index (χ1) is 9.24. The van der Waals surface area contributed by atoms with Crippen LogP contribution in [-0.2, 0) is 16.3 Å². The summed E-state index contributed by atoms with van der Waals surface area (Å²) in [4.78, 5) is 14.7. The van der Waals surface area contributed by atoms with E-state index >= 15 is 0 Å². The van der Waals surface area contributed by atoms with Crippen molar-refractivity contribution < 1.29 is 14.4 Å². The molecule has 1 fully saturated rings. The monoisotopic (exact) mass is 302 g/mol. The van der Waals surface area contributed by atoms with Crippen LogP contribution in [0, 0.1) is 0 Å². The van der Waals surface area contributed by atoms with Gasteiger partial charge in [0.1, 0.15) is 0 Å². The van der Waals surface area contributed by atoms with E-state index in [0.29, 0.717) is 11.6 Å². The molecule has 0 aliphatic heterocycles. The highest BCUT2D eigenvalue weighted by Gasteiger charge is 2.15. The van der Waals surface area contributed by atoms with Crippen molar-refractivity contribution in [3.63, 3.8) is 0 Å². The Balaban J connectivity index is 1.69. The maximum atomic E-state index is 10.4. The Bertz CT molecular complexity index is 405. The summed E-state index contributed by atoms with van der Waals surface area (Å²) in [6.07, 6.45) is 6.62. The van der Waals surface area contributed by atoms with Crippen LogP contribution in [0.25, 0.3) is 0 Å². The summed E-state index contributed by atoms with van der Waals surface area (Å²) in [5.41, 5.74) is 0. The van der Waals surface area contributed by atoms with Gasteiger partial charge < -0.3 is 9.63 Å². The van der Waals surface area contributed by atoms with Gasteiger partial charge in [-0.15, -0.1) is 11.8 Å². The number of rotatable bonds is 7. The van der Waals surface area contributed by atoms with Crippen LogP contribution >= 0.6 is 23.5 Å². The van der Waals surface area contributed by atoms with E-state index in [1.54, 1.807) is 0 Å². The van der Waals surface area contributed by atoms with Crippen LogP contribution in [0.15, 0.2) is 4.52 Å². The molecule has 1 saturated carbocycles. The molecule has 0 bridgehead atoms. The highest BCUT2D eigenvalue weighted by Crippen LogP contribution is 2.29. The molecule has 0 atom stereocenters. The summed E-state index contributed by atoms with van der Waals surface area (Å²) >= 11 is 3.18. The fraction of sp³-hybridized carbons (Fsp3) is 0.750. The molecule has 1 aromatic rings. The van der Waals surface area contributed by atoms with Crippen LogP contribution in [0.2, 0.25) is 0 Å². The van der Waals surface area contributed by atoms with Crippen LogP contribution in [0.4, 0.5) is 0 Å². The number of aliphatic carboxylic acids is 1. The van der Waals surface area contributed by atoms with E-state index in [1.165, 1.54) is 43.9 Å². The number of carboxylic acids is 1. The molecule has 0 aromatic carbocycles. The number of nitrogens with zero attached hydrogens (tertiary/aromatic N) is 2. The summed E-state index contributed by atoms with van der Waals surface area (Å²) in [5.74, 6) is 1.74. The topological polar surface area (TPSA) is 76.2 Å². The van der Waals surface area contributed by atoms with Crippen molar-refractivity contribution in [3.05, 3.63) is 11.7 Å². The van der Waals surface area contributed by atoms with Crippen molar-refractivity contribution >= 4 is 29.5 Å². The van der Waals surface area contributed by atoms with Gasteiger partial charge in [-0.2, -0.15) is 16.7 Å². The van der Waals surface area contributed by atoms with Crippen molar-refractivity contribution in [2.75, 3.05) is 5.75 Å². The van der Waals surface area contributed by atoms with E-state index in [1.807, 2.05) is 11.8 Å². The SMILES string of the molecule is O=C(O)CSCc1nc(CSC2CCCCC2)no1. The van der Waals surface area contributed by atoms with E-state index in [2.05, 4.69) is 10.1 Å². The first kappa shape index (κ1) is 14.7. The molecule has 2 rings (SSSR count). The van der Waals surface area contributed by atoms with Gasteiger partial charge in [0.05, 0.1) is 17.3 Å². The molecule has 0 saturated heterocycles. The zero-order chi connectivity index (χ0) is 13.5. The minimum atomic E-state index is -0.822. The van der Waals surface area contributed by atoms with Gasteiger partial charge in [0.15, 0.2) is 5.82 Å². The maximum absolute atomic E-state index is 10.4. The Morgan fingerprint density at radius 3 is 2.84 bits per heavy atom. The highest BCUT2D eigenvalue weighted by molar-refractivity contribution is 7.99. The summed E-state index contributed by atoms with van der Waals surface area (Å²) < 4.78 is 5.10. The lowest BCUT2D eigenvalue weighted by Crippen LogP contribution is -2.08. The molecule has 7 heteroatoms. The third kappa shape index (κ3) is 5.44. The average molecular weight is 302 g/mol. The van der Waals surface area contributed by atoms with E-state index in [-0.39, 0.29) is 5.75 Å². The molecule has 1 N–H and O–H groups in total. The third-order valence-electron chi connectivity index (χ3n) is 2.96. The van der Waals surface area contributed by atoms with E-state index in [9.17, 15) is 4.79 Å². The molecule has 0 unspecified atom stereocenters. The lowest BCUT2D eigenvalue weighted by molar-refractivity contribution is -0.133. The molecule has 19 heavy (non-hydrogen) atoms. The summed E-state index contributed by atoms with van der Waals surface area (Å²) in [5, 5.41) is 13.2. The Hall–Kier alpha value is -0.690. The Kier molecular flexibility index (Phi) is 6.03. The Labute approximate surface area is 120 Å². The Morgan fingerprint density at radius 2 is 2.11 bits per heavy atom. The van der Waals surface area contributed by atoms with E-state index < -0.39 is 5.97 Å². The largest absolute Gasteiger partial charge is 0.481 e. The van der Waals surface area contributed by atoms with Gasteiger partial charge in [-0.05, 0) is 12.8 Å². The minimum Gasteiger partial charge on any atom is -0.481 e.